The van der Waals surface area contributed by atoms with E-state index in [-0.39, 0.29) is 76.2 Å². The molecule has 5 atom stereocenters. The fraction of sp³-hybridized carbons (Fsp3) is 0.397. The topological polar surface area (TPSA) is 257 Å². The Morgan fingerprint density at radius 3 is 2.03 bits per heavy atom. The largest absolute Gasteiger partial charge is 0.508 e. The molecule has 2 aliphatic heterocycles. The molecule has 1 saturated heterocycles. The van der Waals surface area contributed by atoms with Crippen LogP contribution in [-0.2, 0) is 78.3 Å². The summed E-state index contributed by atoms with van der Waals surface area (Å²) in [7, 11) is 7.49. The minimum Gasteiger partial charge on any atom is -0.508 e. The van der Waals surface area contributed by atoms with Crippen molar-refractivity contribution >= 4 is 53.0 Å². The van der Waals surface area contributed by atoms with E-state index in [9.17, 15) is 48.3 Å². The Morgan fingerprint density at radius 1 is 0.685 bits per heavy atom. The summed E-state index contributed by atoms with van der Waals surface area (Å²) >= 11 is 0. The summed E-state index contributed by atoms with van der Waals surface area (Å²) in [4.78, 5) is 133. The molecule has 21 heteroatoms. The molecular weight excluding hydrogens is 1140 g/mol. The van der Waals surface area contributed by atoms with Gasteiger partial charge in [0.15, 0.2) is 23.9 Å². The van der Waals surface area contributed by atoms with Crippen molar-refractivity contribution in [3.05, 3.63) is 167 Å². The monoisotopic (exact) mass is 1220 g/mol. The van der Waals surface area contributed by atoms with Crippen LogP contribution >= 0.6 is 0 Å². The number of amides is 5. The number of benzene rings is 5. The molecule has 2 bridgehead atoms. The van der Waals surface area contributed by atoms with Gasteiger partial charge >= 0.3 is 11.9 Å². The summed E-state index contributed by atoms with van der Waals surface area (Å²) in [5, 5.41) is 16.1. The van der Waals surface area contributed by atoms with E-state index in [2.05, 4.69) is 10.6 Å². The third-order valence-corrected chi connectivity index (χ3v) is 15.8. The Morgan fingerprint density at radius 2 is 1.35 bits per heavy atom. The summed E-state index contributed by atoms with van der Waals surface area (Å²) in [6.07, 6.45) is 2.24. The highest BCUT2D eigenvalue weighted by Gasteiger charge is 2.43. The molecule has 472 valence electrons. The zero-order valence-electron chi connectivity index (χ0n) is 51.5. The van der Waals surface area contributed by atoms with Crippen molar-refractivity contribution in [3.8, 4) is 23.0 Å². The number of phenolic OH excluding ortho intramolecular Hbond substituents is 1. The Hall–Kier alpha value is -9.37. The van der Waals surface area contributed by atoms with Crippen molar-refractivity contribution in [1.29, 1.82) is 0 Å². The second kappa shape index (κ2) is 32.0. The fourth-order valence-corrected chi connectivity index (χ4v) is 10.6. The molecule has 0 saturated carbocycles. The van der Waals surface area contributed by atoms with Crippen LogP contribution < -0.4 is 24.8 Å². The SMILES string of the molecule is COc1ccc(CC[C@H]2OC(=O)[C@@H]3CNCCN3C(=O)C(=O)C(C)(C)COC(=O)C=CCCN(C)C(=O)[C@@H](Cc3ccccc3)NC(=O)CN(C)C(=O)[C@@H](Cc3ccccc3)CC(=O)[C@H](Cc3ccc(O)cc3)N(C)C(=O)COc3cccc2c3)cc1OC. The Kier molecular flexibility index (Phi) is 24.2. The van der Waals surface area contributed by atoms with E-state index in [4.69, 9.17) is 23.7 Å². The number of hydrogen-bond acceptors (Lipinski definition) is 16. The number of nitrogens with one attached hydrogen (secondary N) is 2. The summed E-state index contributed by atoms with van der Waals surface area (Å²) in [6, 6.07) is 32.9. The Labute approximate surface area is 519 Å². The fourth-order valence-electron chi connectivity index (χ4n) is 10.6. The molecule has 5 amide bonds. The van der Waals surface area contributed by atoms with Crippen LogP contribution in [0.2, 0.25) is 0 Å². The number of carbonyl (C=O) groups excluding carboxylic acids is 9. The summed E-state index contributed by atoms with van der Waals surface area (Å²) in [5.41, 5.74) is 1.84. The maximum absolute atomic E-state index is 15.0. The number of fused-ring (bicyclic) bond motifs is 3. The first-order valence-corrected chi connectivity index (χ1v) is 29.6. The first-order valence-electron chi connectivity index (χ1n) is 29.6. The van der Waals surface area contributed by atoms with Gasteiger partial charge in [-0.3, -0.25) is 33.6 Å². The number of Topliss-reactive ketones (excluding diaryl/α,β-unsaturated/α-hetero) is 2. The van der Waals surface area contributed by atoms with Crippen LogP contribution in [0.1, 0.15) is 67.0 Å². The highest BCUT2D eigenvalue weighted by atomic mass is 16.5. The number of phenols is 1. The van der Waals surface area contributed by atoms with E-state index in [1.54, 1.807) is 79.8 Å². The number of likely N-dealkylation sites (N-methyl/N-ethyl adjacent to an activating group) is 3. The molecule has 2 heterocycles. The first kappa shape index (κ1) is 67.1. The normalized spacial score (nSPS) is 21.2. The molecule has 0 spiro atoms. The second-order valence-electron chi connectivity index (χ2n) is 23.0. The van der Waals surface area contributed by atoms with Crippen LogP contribution in [0.15, 0.2) is 140 Å². The summed E-state index contributed by atoms with van der Waals surface area (Å²) < 4.78 is 29.0. The number of methoxy groups -OCH3 is 2. The van der Waals surface area contributed by atoms with Gasteiger partial charge in [0.1, 0.15) is 36.3 Å². The van der Waals surface area contributed by atoms with Crippen molar-refractivity contribution in [2.45, 2.75) is 83.0 Å². The third kappa shape index (κ3) is 19.1. The average Bonchev–Trinajstić information content (AvgIpc) is 3.59. The molecule has 0 aliphatic carbocycles. The average molecular weight is 1220 g/mol. The van der Waals surface area contributed by atoms with Crippen molar-refractivity contribution in [1.82, 2.24) is 30.2 Å². The molecule has 7 rings (SSSR count). The summed E-state index contributed by atoms with van der Waals surface area (Å²) in [6.45, 7) is 1.70. The van der Waals surface area contributed by atoms with Crippen molar-refractivity contribution in [2.24, 2.45) is 11.3 Å². The summed E-state index contributed by atoms with van der Waals surface area (Å²) in [5.74, 6) is -6.02. The number of rotatable bonds is 11. The van der Waals surface area contributed by atoms with Crippen LogP contribution in [0.5, 0.6) is 23.0 Å². The number of ether oxygens (including phenoxy) is 5. The highest BCUT2D eigenvalue weighted by molar-refractivity contribution is 6.38. The van der Waals surface area contributed by atoms with Crippen molar-refractivity contribution in [3.63, 3.8) is 0 Å². The van der Waals surface area contributed by atoms with Gasteiger partial charge in [0, 0.05) is 72.2 Å². The number of esters is 2. The van der Waals surface area contributed by atoms with Gasteiger partial charge in [-0.05, 0) is 110 Å². The van der Waals surface area contributed by atoms with Gasteiger partial charge in [-0.25, -0.2) is 9.59 Å². The van der Waals surface area contributed by atoms with Gasteiger partial charge in [0.25, 0.3) is 11.8 Å². The minimum atomic E-state index is -1.53. The second-order valence-corrected chi connectivity index (χ2v) is 23.0. The molecule has 0 unspecified atom stereocenters. The highest BCUT2D eigenvalue weighted by Crippen LogP contribution is 2.32. The van der Waals surface area contributed by atoms with Gasteiger partial charge in [-0.2, -0.15) is 0 Å². The number of aromatic hydroxyl groups is 1. The molecular formula is C68H80N6O15. The minimum absolute atomic E-state index is 0.00594. The maximum Gasteiger partial charge on any atom is 0.330 e. The molecule has 1 fully saturated rings. The standard InChI is InChI=1S/C68H80N6O15/c1-68(2)44-88-62(79)23-14-15-33-71(3)65(82)53(36-46-19-12-9-13-20-46)70-60(77)42-72(4)64(81)50(35-45-17-10-8-11-18-45)40-56(76)54(37-47-24-28-51(75)29-25-47)73(5)61(78)43-87-52-22-16-21-49(39-52)57(30-26-48-27-31-58(85-6)59(38-48)86-7)89-67(84)55-41-69-32-34-74(55)66(83)63(68)80/h8-14,16-25,27-29,31,38-39,50,53-55,57,69,75H,15,26,30,32-37,40-44H2,1-7H3,(H,70,77)/t50-,53+,54-,55-,57+/m0/s1. The van der Waals surface area contributed by atoms with E-state index in [0.29, 0.717) is 29.0 Å². The van der Waals surface area contributed by atoms with E-state index >= 15 is 0 Å². The van der Waals surface area contributed by atoms with Crippen molar-refractivity contribution < 1.29 is 71.9 Å². The van der Waals surface area contributed by atoms with Crippen LogP contribution in [0.25, 0.3) is 0 Å². The molecule has 5 aromatic carbocycles. The maximum atomic E-state index is 15.0. The van der Waals surface area contributed by atoms with Gasteiger partial charge < -0.3 is 59.0 Å². The number of hydrogen-bond donors (Lipinski definition) is 3. The van der Waals surface area contributed by atoms with Gasteiger partial charge in [-0.15, -0.1) is 0 Å². The number of carbonyl (C=O) groups is 9. The number of ketones is 2. The lowest BCUT2D eigenvalue weighted by atomic mass is 9.88. The van der Waals surface area contributed by atoms with Crippen LogP contribution in [0, 0.1) is 11.3 Å². The molecule has 89 heavy (non-hydrogen) atoms. The van der Waals surface area contributed by atoms with Gasteiger partial charge in [0.05, 0.1) is 32.2 Å². The number of piperazine rings is 1. The Bertz CT molecular complexity index is 3320. The van der Waals surface area contributed by atoms with E-state index < -0.39 is 108 Å². The molecule has 5 aromatic rings. The number of cyclic esters (lactones) is 2. The lowest BCUT2D eigenvalue weighted by Gasteiger charge is -2.36. The molecule has 21 nitrogen and oxygen atoms in total. The van der Waals surface area contributed by atoms with Gasteiger partial charge in [-0.1, -0.05) is 97.1 Å². The van der Waals surface area contributed by atoms with Crippen molar-refractivity contribution in [2.75, 3.05) is 81.3 Å². The zero-order valence-corrected chi connectivity index (χ0v) is 51.5. The quantitative estimate of drug-likeness (QED) is 0.110. The van der Waals surface area contributed by atoms with Crippen LogP contribution in [0.3, 0.4) is 0 Å². The lowest BCUT2D eigenvalue weighted by molar-refractivity contribution is -0.164. The predicted molar refractivity (Wildman–Crippen MR) is 329 cm³/mol. The lowest BCUT2D eigenvalue weighted by Crippen LogP contribution is -2.60. The third-order valence-electron chi connectivity index (χ3n) is 15.8. The number of aryl methyl sites for hydroxylation is 1. The molecule has 3 N–H and O–H groups in total. The van der Waals surface area contributed by atoms with Crippen LogP contribution in [-0.4, -0.2) is 177 Å². The van der Waals surface area contributed by atoms with Gasteiger partial charge in [0.2, 0.25) is 23.5 Å². The van der Waals surface area contributed by atoms with E-state index in [0.717, 1.165) is 27.7 Å². The first-order chi connectivity index (χ1) is 42.6. The molecule has 0 radical (unpaired) electrons. The Balaban J connectivity index is 1.21. The number of nitrogens with zero attached hydrogens (tertiary/aromatic N) is 4. The van der Waals surface area contributed by atoms with Crippen LogP contribution in [0.4, 0.5) is 0 Å². The smallest absolute Gasteiger partial charge is 0.330 e. The zero-order chi connectivity index (χ0) is 64.2. The van der Waals surface area contributed by atoms with E-state index in [1.807, 2.05) is 42.5 Å². The van der Waals surface area contributed by atoms with E-state index in [1.165, 1.54) is 75.1 Å². The molecule has 0 aromatic heterocycles. The predicted octanol–water partition coefficient (Wildman–Crippen LogP) is 5.44. The molecule has 2 aliphatic rings.